The Balaban J connectivity index is 2.01. The van der Waals surface area contributed by atoms with Crippen LogP contribution in [0.25, 0.3) is 0 Å². The minimum atomic E-state index is 0.679. The topological polar surface area (TPSA) is 74.9 Å². The number of likely N-dealkylation sites (tertiary alicyclic amines) is 1. The summed E-state index contributed by atoms with van der Waals surface area (Å²) in [6.07, 6.45) is 4.75. The maximum absolute atomic E-state index is 5.43. The van der Waals surface area contributed by atoms with Gasteiger partial charge in [-0.15, -0.1) is 0 Å². The first kappa shape index (κ1) is 16.2. The van der Waals surface area contributed by atoms with Crippen molar-refractivity contribution in [1.29, 1.82) is 0 Å². The van der Waals surface area contributed by atoms with Crippen molar-refractivity contribution in [3.8, 4) is 0 Å². The maximum Gasteiger partial charge on any atom is 0.205 e. The van der Waals surface area contributed by atoms with Crippen LogP contribution in [0.15, 0.2) is 4.99 Å². The third kappa shape index (κ3) is 8.02. The second kappa shape index (κ2) is 11.0. The van der Waals surface area contributed by atoms with Gasteiger partial charge < -0.3 is 15.0 Å². The van der Waals surface area contributed by atoms with E-state index in [9.17, 15) is 0 Å². The van der Waals surface area contributed by atoms with E-state index in [1.807, 2.05) is 6.92 Å². The van der Waals surface area contributed by atoms with Gasteiger partial charge in [0.1, 0.15) is 0 Å². The van der Waals surface area contributed by atoms with Gasteiger partial charge in [0.25, 0.3) is 0 Å². The number of nitrogens with zero attached hydrogens (tertiary/aromatic N) is 2. The van der Waals surface area contributed by atoms with E-state index in [1.165, 1.54) is 25.9 Å². The number of nitrogens with one attached hydrogen (secondary N) is 2. The molecule has 0 aliphatic carbocycles. The molecule has 19 heavy (non-hydrogen) atoms. The average Bonchev–Trinajstić information content (AvgIpc) is 2.94. The van der Waals surface area contributed by atoms with Crippen LogP contribution in [-0.2, 0) is 4.74 Å². The van der Waals surface area contributed by atoms with Crippen LogP contribution in [0.5, 0.6) is 0 Å². The molecule has 0 atom stereocenters. The summed E-state index contributed by atoms with van der Waals surface area (Å²) < 4.78 is 5.26. The lowest BCUT2D eigenvalue weighted by atomic mass is 10.4. The van der Waals surface area contributed by atoms with Gasteiger partial charge in [-0.25, -0.2) is 5.84 Å². The molecule has 4 N–H and O–H groups in total. The highest BCUT2D eigenvalue weighted by molar-refractivity contribution is 5.79. The van der Waals surface area contributed by atoms with Gasteiger partial charge in [0.15, 0.2) is 0 Å². The fourth-order valence-corrected chi connectivity index (χ4v) is 2.17. The van der Waals surface area contributed by atoms with E-state index in [1.54, 1.807) is 0 Å². The van der Waals surface area contributed by atoms with Crippen LogP contribution < -0.4 is 16.6 Å². The van der Waals surface area contributed by atoms with Crippen LogP contribution in [0.4, 0.5) is 0 Å². The summed E-state index contributed by atoms with van der Waals surface area (Å²) in [6.45, 7) is 8.84. The summed E-state index contributed by atoms with van der Waals surface area (Å²) >= 11 is 0. The van der Waals surface area contributed by atoms with Crippen LogP contribution >= 0.6 is 0 Å². The predicted molar refractivity (Wildman–Crippen MR) is 79.0 cm³/mol. The number of hydrogen-bond acceptors (Lipinski definition) is 4. The molecule has 0 bridgehead atoms. The van der Waals surface area contributed by atoms with Crippen LogP contribution in [0, 0.1) is 0 Å². The van der Waals surface area contributed by atoms with Crippen molar-refractivity contribution in [2.24, 2.45) is 10.8 Å². The molecule has 0 radical (unpaired) electrons. The van der Waals surface area contributed by atoms with Gasteiger partial charge in [-0.05, 0) is 52.2 Å². The Hall–Kier alpha value is -0.850. The molecule has 0 amide bonds. The highest BCUT2D eigenvalue weighted by Crippen LogP contribution is 2.06. The van der Waals surface area contributed by atoms with Crippen molar-refractivity contribution in [2.75, 3.05) is 45.9 Å². The van der Waals surface area contributed by atoms with Crippen molar-refractivity contribution < 1.29 is 4.74 Å². The Morgan fingerprint density at radius 3 is 2.79 bits per heavy atom. The smallest absolute Gasteiger partial charge is 0.205 e. The van der Waals surface area contributed by atoms with Gasteiger partial charge in [0, 0.05) is 26.3 Å². The number of ether oxygens (including phenoxy) is 1. The second-order valence-electron chi connectivity index (χ2n) is 4.75. The molecule has 1 heterocycles. The Labute approximate surface area is 116 Å². The van der Waals surface area contributed by atoms with E-state index < -0.39 is 0 Å². The molecule has 6 heteroatoms. The standard InChI is InChI=1S/C13H29N5O/c1-2-19-12-6-8-16-13(17-14)15-7-5-11-18-9-3-4-10-18/h2-12,14H2,1H3,(H2,15,16,17). The predicted octanol–water partition coefficient (Wildman–Crippen LogP) is 0.308. The average molecular weight is 271 g/mol. The highest BCUT2D eigenvalue weighted by Gasteiger charge is 2.10. The maximum atomic E-state index is 5.43. The number of hydrogen-bond donors (Lipinski definition) is 3. The van der Waals surface area contributed by atoms with E-state index in [4.69, 9.17) is 10.6 Å². The van der Waals surface area contributed by atoms with Gasteiger partial charge in [-0.2, -0.15) is 0 Å². The van der Waals surface area contributed by atoms with Crippen molar-refractivity contribution in [3.05, 3.63) is 0 Å². The highest BCUT2D eigenvalue weighted by atomic mass is 16.5. The number of rotatable bonds is 9. The molecule has 6 nitrogen and oxygen atoms in total. The number of hydrazine groups is 1. The molecular weight excluding hydrogens is 242 g/mol. The lowest BCUT2D eigenvalue weighted by Crippen LogP contribution is -2.42. The van der Waals surface area contributed by atoms with E-state index >= 15 is 0 Å². The molecule has 0 aromatic rings. The molecule has 112 valence electrons. The van der Waals surface area contributed by atoms with Crippen molar-refractivity contribution >= 4 is 5.96 Å². The minimum absolute atomic E-state index is 0.679. The van der Waals surface area contributed by atoms with Gasteiger partial charge in [0.2, 0.25) is 5.96 Å². The zero-order valence-electron chi connectivity index (χ0n) is 12.2. The molecule has 1 aliphatic rings. The zero-order chi connectivity index (χ0) is 13.8. The van der Waals surface area contributed by atoms with E-state index in [2.05, 4.69) is 20.6 Å². The Kier molecular flexibility index (Phi) is 9.40. The van der Waals surface area contributed by atoms with E-state index in [0.717, 1.165) is 45.7 Å². The monoisotopic (exact) mass is 271 g/mol. The SMILES string of the molecule is CCOCCCN=C(NN)NCCCN1CCCC1. The lowest BCUT2D eigenvalue weighted by Gasteiger charge is -2.15. The van der Waals surface area contributed by atoms with Crippen molar-refractivity contribution in [1.82, 2.24) is 15.6 Å². The zero-order valence-corrected chi connectivity index (χ0v) is 12.2. The second-order valence-corrected chi connectivity index (χ2v) is 4.75. The van der Waals surface area contributed by atoms with E-state index in [0.29, 0.717) is 5.96 Å². The third-order valence-corrected chi connectivity index (χ3v) is 3.20. The first-order valence-electron chi connectivity index (χ1n) is 7.42. The summed E-state index contributed by atoms with van der Waals surface area (Å²) in [5.74, 6) is 6.11. The quantitative estimate of drug-likeness (QED) is 0.185. The number of nitrogens with two attached hydrogens (primary N) is 1. The molecule has 1 fully saturated rings. The molecule has 1 rings (SSSR count). The fourth-order valence-electron chi connectivity index (χ4n) is 2.17. The molecule has 0 spiro atoms. The summed E-state index contributed by atoms with van der Waals surface area (Å²) in [5.41, 5.74) is 2.61. The summed E-state index contributed by atoms with van der Waals surface area (Å²) in [7, 11) is 0. The molecular formula is C13H29N5O. The normalized spacial score (nSPS) is 16.8. The van der Waals surface area contributed by atoms with E-state index in [-0.39, 0.29) is 0 Å². The number of aliphatic imine (C=N–C) groups is 1. The molecule has 1 aliphatic heterocycles. The lowest BCUT2D eigenvalue weighted by molar-refractivity contribution is 0.146. The Bertz CT molecular complexity index is 241. The Morgan fingerprint density at radius 2 is 2.11 bits per heavy atom. The van der Waals surface area contributed by atoms with Gasteiger partial charge >= 0.3 is 0 Å². The fraction of sp³-hybridized carbons (Fsp3) is 0.923. The molecule has 0 saturated carbocycles. The first-order chi connectivity index (χ1) is 9.36. The molecule has 0 aromatic heterocycles. The van der Waals surface area contributed by atoms with Gasteiger partial charge in [-0.1, -0.05) is 0 Å². The molecule has 0 unspecified atom stereocenters. The van der Waals surface area contributed by atoms with Crippen molar-refractivity contribution in [2.45, 2.75) is 32.6 Å². The first-order valence-corrected chi connectivity index (χ1v) is 7.42. The van der Waals surface area contributed by atoms with Crippen LogP contribution in [0.3, 0.4) is 0 Å². The minimum Gasteiger partial charge on any atom is -0.382 e. The van der Waals surface area contributed by atoms with Gasteiger partial charge in [0.05, 0.1) is 0 Å². The Morgan fingerprint density at radius 1 is 1.32 bits per heavy atom. The summed E-state index contributed by atoms with van der Waals surface area (Å²) in [4.78, 5) is 6.87. The van der Waals surface area contributed by atoms with Crippen LogP contribution in [0.1, 0.15) is 32.6 Å². The number of guanidine groups is 1. The van der Waals surface area contributed by atoms with Crippen molar-refractivity contribution in [3.63, 3.8) is 0 Å². The molecule has 0 aromatic carbocycles. The summed E-state index contributed by atoms with van der Waals surface area (Å²) in [5, 5.41) is 3.23. The van der Waals surface area contributed by atoms with Crippen LogP contribution in [-0.4, -0.2) is 56.8 Å². The summed E-state index contributed by atoms with van der Waals surface area (Å²) in [6, 6.07) is 0. The van der Waals surface area contributed by atoms with Crippen LogP contribution in [0.2, 0.25) is 0 Å². The largest absolute Gasteiger partial charge is 0.382 e. The molecule has 1 saturated heterocycles. The van der Waals surface area contributed by atoms with Gasteiger partial charge in [-0.3, -0.25) is 10.4 Å². The third-order valence-electron chi connectivity index (χ3n) is 3.20.